The second-order valence-corrected chi connectivity index (χ2v) is 10.7. The Hall–Kier alpha value is -4.18. The van der Waals surface area contributed by atoms with Gasteiger partial charge in [-0.2, -0.15) is 0 Å². The van der Waals surface area contributed by atoms with E-state index in [9.17, 15) is 9.59 Å². The Balaban J connectivity index is 0.00000181. The third-order valence-electron chi connectivity index (χ3n) is 8.53. The van der Waals surface area contributed by atoms with Gasteiger partial charge in [0.2, 0.25) is 11.8 Å². The van der Waals surface area contributed by atoms with Gasteiger partial charge in [0.15, 0.2) is 5.96 Å². The number of carbonyl (C=O) groups excluding carboxylic acids is 2. The second-order valence-electron chi connectivity index (χ2n) is 10.7. The van der Waals surface area contributed by atoms with Crippen molar-refractivity contribution in [2.45, 2.75) is 44.9 Å². The molecule has 10 heteroatoms. The summed E-state index contributed by atoms with van der Waals surface area (Å²) in [5.41, 5.74) is 19.1. The first kappa shape index (κ1) is 28.8. The van der Waals surface area contributed by atoms with E-state index in [4.69, 9.17) is 16.9 Å². The van der Waals surface area contributed by atoms with Crippen molar-refractivity contribution in [2.75, 3.05) is 30.8 Å². The first-order chi connectivity index (χ1) is 19.3. The van der Waals surface area contributed by atoms with Crippen molar-refractivity contribution in [3.63, 3.8) is 0 Å². The van der Waals surface area contributed by atoms with Crippen molar-refractivity contribution in [1.29, 1.82) is 5.41 Å². The number of nitrogens with two attached hydrogens (primary N) is 3. The summed E-state index contributed by atoms with van der Waals surface area (Å²) in [6, 6.07) is 15.1. The van der Waals surface area contributed by atoms with Crippen molar-refractivity contribution in [3.8, 4) is 0 Å². The summed E-state index contributed by atoms with van der Waals surface area (Å²) < 4.78 is 0. The van der Waals surface area contributed by atoms with Crippen molar-refractivity contribution < 1.29 is 9.59 Å². The maximum atomic E-state index is 13.4. The quantitative estimate of drug-likeness (QED) is 0.228. The van der Waals surface area contributed by atoms with Crippen LogP contribution in [-0.2, 0) is 9.59 Å². The van der Waals surface area contributed by atoms with Gasteiger partial charge in [0.05, 0.1) is 12.0 Å². The maximum Gasteiger partial charge on any atom is 0.230 e. The van der Waals surface area contributed by atoms with Crippen LogP contribution in [-0.4, -0.2) is 49.1 Å². The topological polar surface area (TPSA) is 176 Å². The van der Waals surface area contributed by atoms with Crippen molar-refractivity contribution >= 4 is 46.7 Å². The molecule has 0 atom stereocenters. The monoisotopic (exact) mass is 544 g/mol. The Morgan fingerprint density at radius 2 is 1.32 bits per heavy atom. The molecule has 2 aromatic carbocycles. The van der Waals surface area contributed by atoms with Gasteiger partial charge < -0.3 is 32.7 Å². The normalized spacial score (nSPS) is 23.1. The number of fused-ring (bicyclic) bond motifs is 3. The lowest BCUT2D eigenvalue weighted by atomic mass is 9.53. The molecule has 0 radical (unpaired) electrons. The van der Waals surface area contributed by atoms with E-state index in [-0.39, 0.29) is 17.8 Å². The zero-order chi connectivity index (χ0) is 28.8. The van der Waals surface area contributed by atoms with Gasteiger partial charge in [0, 0.05) is 35.3 Å². The average molecular weight is 545 g/mol. The van der Waals surface area contributed by atoms with E-state index in [0.717, 1.165) is 30.8 Å². The molecule has 2 aromatic rings. The molecule has 3 saturated carbocycles. The van der Waals surface area contributed by atoms with Crippen LogP contribution in [0.25, 0.3) is 5.57 Å². The van der Waals surface area contributed by atoms with Crippen molar-refractivity contribution in [3.05, 3.63) is 60.2 Å². The number of nitrogens with zero attached hydrogens (tertiary/aromatic N) is 2. The number of benzene rings is 2. The first-order valence-electron chi connectivity index (χ1n) is 13.8. The van der Waals surface area contributed by atoms with Crippen LogP contribution in [0.15, 0.2) is 59.6 Å². The standard InChI is InChI=1S/C29H35N7O2.CH5N/c30-19-36-17-9-21(10-18-36)20-1-3-22(4-2-20)33-25(37)28-11-14-29(15-12-28,16-13-28)26(38)34-23-5-7-24(8-6-23)35-27(31)32;1-2/h1-9,19,30H,10-18H2,(H,33,37)(H,34,38)(H4,31,32,35);2H2,1H3. The number of guanidine groups is 1. The number of carbonyl (C=O) groups is 2. The van der Waals surface area contributed by atoms with Crippen molar-refractivity contribution in [2.24, 2.45) is 33.0 Å². The summed E-state index contributed by atoms with van der Waals surface area (Å²) in [6.07, 6.45) is 8.71. The highest BCUT2D eigenvalue weighted by atomic mass is 16.2. The van der Waals surface area contributed by atoms with Gasteiger partial charge in [-0.25, -0.2) is 4.99 Å². The number of aliphatic imine (C=N–C) groups is 1. The van der Waals surface area contributed by atoms with E-state index in [2.05, 4.69) is 39.6 Å². The Morgan fingerprint density at radius 3 is 1.73 bits per heavy atom. The Bertz CT molecular complexity index is 1260. The highest BCUT2D eigenvalue weighted by molar-refractivity contribution is 5.99. The fraction of sp³-hybridized carbons (Fsp3) is 0.400. The average Bonchev–Trinajstić information content (AvgIpc) is 3.00. The lowest BCUT2D eigenvalue weighted by Gasteiger charge is -2.51. The number of hydrogen-bond acceptors (Lipinski definition) is 5. The molecule has 6 rings (SSSR count). The number of anilines is 2. The largest absolute Gasteiger partial charge is 0.370 e. The van der Waals surface area contributed by atoms with Crippen LogP contribution in [0.1, 0.15) is 50.5 Å². The minimum absolute atomic E-state index is 0.0105. The first-order valence-corrected chi connectivity index (χ1v) is 13.8. The van der Waals surface area contributed by atoms with Gasteiger partial charge in [-0.3, -0.25) is 15.0 Å². The fourth-order valence-electron chi connectivity index (χ4n) is 5.99. The van der Waals surface area contributed by atoms with Crippen LogP contribution in [0.5, 0.6) is 0 Å². The molecule has 0 unspecified atom stereocenters. The van der Waals surface area contributed by atoms with E-state index in [1.807, 2.05) is 17.0 Å². The molecule has 4 aliphatic rings. The zero-order valence-electron chi connectivity index (χ0n) is 23.1. The van der Waals surface area contributed by atoms with Crippen molar-refractivity contribution in [1.82, 2.24) is 4.90 Å². The molecule has 10 nitrogen and oxygen atoms in total. The molecule has 9 N–H and O–H groups in total. The fourth-order valence-corrected chi connectivity index (χ4v) is 5.99. The number of rotatable bonds is 7. The summed E-state index contributed by atoms with van der Waals surface area (Å²) in [6.45, 7) is 1.60. The summed E-state index contributed by atoms with van der Waals surface area (Å²) in [5.74, 6) is 0.0774. The number of nitrogens with one attached hydrogen (secondary N) is 3. The zero-order valence-corrected chi connectivity index (χ0v) is 23.1. The molecule has 0 saturated heterocycles. The molecular weight excluding hydrogens is 504 g/mol. The van der Waals surface area contributed by atoms with Gasteiger partial charge in [0.1, 0.15) is 0 Å². The van der Waals surface area contributed by atoms with Crippen LogP contribution in [0.4, 0.5) is 17.1 Å². The molecule has 3 aliphatic carbocycles. The van der Waals surface area contributed by atoms with Crippen LogP contribution >= 0.6 is 0 Å². The van der Waals surface area contributed by atoms with E-state index in [1.165, 1.54) is 19.0 Å². The Kier molecular flexibility index (Phi) is 8.89. The van der Waals surface area contributed by atoms with Crippen LogP contribution in [0.2, 0.25) is 0 Å². The van der Waals surface area contributed by atoms with Gasteiger partial charge in [0.25, 0.3) is 0 Å². The summed E-state index contributed by atoms with van der Waals surface area (Å²) in [5, 5.41) is 13.6. The summed E-state index contributed by atoms with van der Waals surface area (Å²) >= 11 is 0. The second kappa shape index (κ2) is 12.3. The molecule has 40 heavy (non-hydrogen) atoms. The van der Waals surface area contributed by atoms with Gasteiger partial charge >= 0.3 is 0 Å². The predicted octanol–water partition coefficient (Wildman–Crippen LogP) is 3.78. The molecule has 2 amide bonds. The highest BCUT2D eigenvalue weighted by Crippen LogP contribution is 2.57. The number of hydrogen-bond donors (Lipinski definition) is 6. The molecule has 1 heterocycles. The number of amides is 2. The predicted molar refractivity (Wildman–Crippen MR) is 161 cm³/mol. The molecule has 0 spiro atoms. The van der Waals surface area contributed by atoms with Gasteiger partial charge in [-0.1, -0.05) is 18.2 Å². The molecule has 0 aromatic heterocycles. The molecule has 2 bridgehead atoms. The summed E-state index contributed by atoms with van der Waals surface area (Å²) in [4.78, 5) is 32.6. The molecule has 3 fully saturated rings. The van der Waals surface area contributed by atoms with Crippen LogP contribution < -0.4 is 27.8 Å². The van der Waals surface area contributed by atoms with E-state index >= 15 is 0 Å². The molecule has 212 valence electrons. The molecule has 1 aliphatic heterocycles. The van der Waals surface area contributed by atoms with Gasteiger partial charge in [-0.15, -0.1) is 0 Å². The summed E-state index contributed by atoms with van der Waals surface area (Å²) in [7, 11) is 1.50. The maximum absolute atomic E-state index is 13.4. The minimum Gasteiger partial charge on any atom is -0.370 e. The SMILES string of the molecule is CN.N=CN1CC=C(c2ccc(NC(=O)C34CCC(C(=O)Nc5ccc(N=C(N)N)cc5)(CC3)CC4)cc2)CC1. The van der Waals surface area contributed by atoms with E-state index < -0.39 is 10.8 Å². The Labute approximate surface area is 235 Å². The minimum atomic E-state index is -0.427. The highest BCUT2D eigenvalue weighted by Gasteiger charge is 2.55. The van der Waals surface area contributed by atoms with Gasteiger partial charge in [-0.05, 0) is 99.5 Å². The lowest BCUT2D eigenvalue weighted by molar-refractivity contribution is -0.144. The Morgan fingerprint density at radius 1 is 0.850 bits per heavy atom. The third-order valence-corrected chi connectivity index (χ3v) is 8.53. The van der Waals surface area contributed by atoms with Crippen LogP contribution in [0.3, 0.4) is 0 Å². The third kappa shape index (κ3) is 6.17. The molecular formula is C30H40N8O2. The lowest BCUT2D eigenvalue weighted by Crippen LogP contribution is -2.52. The smallest absolute Gasteiger partial charge is 0.230 e. The van der Waals surface area contributed by atoms with E-state index in [0.29, 0.717) is 49.9 Å². The van der Waals surface area contributed by atoms with Crippen LogP contribution in [0, 0.1) is 16.2 Å². The van der Waals surface area contributed by atoms with E-state index in [1.54, 1.807) is 24.3 Å².